The number of nitrogens with zero attached hydrogens (tertiary/aromatic N) is 2. The lowest BCUT2D eigenvalue weighted by atomic mass is 10.1. The summed E-state index contributed by atoms with van der Waals surface area (Å²) in [5.74, 6) is -0.825. The number of pyridine rings is 1. The summed E-state index contributed by atoms with van der Waals surface area (Å²) in [6.45, 7) is 3.45. The molecule has 1 aliphatic rings. The Balaban J connectivity index is 1.49. The van der Waals surface area contributed by atoms with Crippen LogP contribution in [0.25, 0.3) is 0 Å². The first-order chi connectivity index (χ1) is 14.4. The Kier molecular flexibility index (Phi) is 5.45. The lowest BCUT2D eigenvalue weighted by Gasteiger charge is -2.12. The van der Waals surface area contributed by atoms with E-state index >= 15 is 0 Å². The van der Waals surface area contributed by atoms with E-state index in [9.17, 15) is 14.0 Å². The Morgan fingerprint density at radius 3 is 2.53 bits per heavy atom. The van der Waals surface area contributed by atoms with Gasteiger partial charge in [-0.05, 0) is 56.5 Å². The zero-order valence-electron chi connectivity index (χ0n) is 16.4. The number of benzene rings is 1. The molecule has 30 heavy (non-hydrogen) atoms. The number of thiazole rings is 1. The molecule has 0 saturated heterocycles. The van der Waals surface area contributed by atoms with Crippen LogP contribution in [-0.4, -0.2) is 27.9 Å². The standard InChI is InChI=1S/C21H19FN4O3S/c1-11-7-16(22)15(8-17(11)25-21(28)18-10-23-12(2)30-18)20(27)26-19-6-5-14(9-24-19)29-13-3-4-13/h5-10,13H,3-4H2,1-2H3,(H,25,28)(H,24,26,27). The second-order valence-corrected chi connectivity index (χ2v) is 8.23. The van der Waals surface area contributed by atoms with Gasteiger partial charge in [-0.2, -0.15) is 0 Å². The second kappa shape index (κ2) is 8.19. The Bertz CT molecular complexity index is 1110. The molecule has 1 aromatic carbocycles. The summed E-state index contributed by atoms with van der Waals surface area (Å²) in [6.07, 6.45) is 5.31. The number of carbonyl (C=O) groups is 2. The number of anilines is 2. The van der Waals surface area contributed by atoms with E-state index in [1.165, 1.54) is 35.9 Å². The molecule has 1 saturated carbocycles. The number of hydrogen-bond acceptors (Lipinski definition) is 6. The van der Waals surface area contributed by atoms with Crippen molar-refractivity contribution >= 4 is 34.7 Å². The lowest BCUT2D eigenvalue weighted by molar-refractivity contribution is 0.101. The summed E-state index contributed by atoms with van der Waals surface area (Å²) < 4.78 is 20.1. The SMILES string of the molecule is Cc1ncc(C(=O)Nc2cc(C(=O)Nc3ccc(OC4CC4)cn3)c(F)cc2C)s1. The first-order valence-corrected chi connectivity index (χ1v) is 10.2. The Labute approximate surface area is 176 Å². The smallest absolute Gasteiger partial charge is 0.267 e. The van der Waals surface area contributed by atoms with Crippen LogP contribution in [0.5, 0.6) is 5.75 Å². The van der Waals surface area contributed by atoms with E-state index in [4.69, 9.17) is 4.74 Å². The van der Waals surface area contributed by atoms with Gasteiger partial charge in [0.2, 0.25) is 0 Å². The highest BCUT2D eigenvalue weighted by atomic mass is 32.1. The minimum Gasteiger partial charge on any atom is -0.489 e. The van der Waals surface area contributed by atoms with Crippen molar-refractivity contribution < 1.29 is 18.7 Å². The van der Waals surface area contributed by atoms with Crippen molar-refractivity contribution in [1.29, 1.82) is 0 Å². The van der Waals surface area contributed by atoms with Gasteiger partial charge in [0, 0.05) is 5.69 Å². The van der Waals surface area contributed by atoms with Gasteiger partial charge in [-0.3, -0.25) is 9.59 Å². The molecule has 0 atom stereocenters. The summed E-state index contributed by atoms with van der Waals surface area (Å²) in [7, 11) is 0. The van der Waals surface area contributed by atoms with E-state index in [2.05, 4.69) is 20.6 Å². The van der Waals surface area contributed by atoms with Crippen LogP contribution >= 0.6 is 11.3 Å². The first-order valence-electron chi connectivity index (χ1n) is 9.37. The number of aromatic nitrogens is 2. The van der Waals surface area contributed by atoms with Crippen molar-refractivity contribution in [3.05, 3.63) is 63.5 Å². The van der Waals surface area contributed by atoms with Gasteiger partial charge < -0.3 is 15.4 Å². The zero-order valence-corrected chi connectivity index (χ0v) is 17.2. The number of halogens is 1. The third-order valence-corrected chi connectivity index (χ3v) is 5.37. The number of rotatable bonds is 6. The normalized spacial score (nSPS) is 13.0. The Morgan fingerprint density at radius 2 is 1.90 bits per heavy atom. The summed E-state index contributed by atoms with van der Waals surface area (Å²) in [5.41, 5.74) is 0.647. The molecule has 2 heterocycles. The van der Waals surface area contributed by atoms with Gasteiger partial charge in [-0.25, -0.2) is 14.4 Å². The van der Waals surface area contributed by atoms with Gasteiger partial charge in [-0.15, -0.1) is 11.3 Å². The number of hydrogen-bond donors (Lipinski definition) is 2. The van der Waals surface area contributed by atoms with Crippen molar-refractivity contribution in [1.82, 2.24) is 9.97 Å². The molecular weight excluding hydrogens is 407 g/mol. The summed E-state index contributed by atoms with van der Waals surface area (Å²) >= 11 is 1.25. The number of amides is 2. The highest BCUT2D eigenvalue weighted by molar-refractivity contribution is 7.13. The quantitative estimate of drug-likeness (QED) is 0.612. The van der Waals surface area contributed by atoms with Crippen molar-refractivity contribution in [2.45, 2.75) is 32.8 Å². The zero-order chi connectivity index (χ0) is 21.3. The number of aryl methyl sites for hydroxylation is 2. The van der Waals surface area contributed by atoms with Crippen LogP contribution < -0.4 is 15.4 Å². The molecular formula is C21H19FN4O3S. The van der Waals surface area contributed by atoms with Gasteiger partial charge in [0.1, 0.15) is 22.3 Å². The molecule has 2 amide bonds. The third kappa shape index (κ3) is 4.62. The average Bonchev–Trinajstić information content (AvgIpc) is 3.42. The van der Waals surface area contributed by atoms with E-state index in [1.54, 1.807) is 26.0 Å². The van der Waals surface area contributed by atoms with Crippen LogP contribution in [0.3, 0.4) is 0 Å². The molecule has 3 aromatic rings. The minimum absolute atomic E-state index is 0.198. The minimum atomic E-state index is -0.690. The van der Waals surface area contributed by atoms with Crippen molar-refractivity contribution in [3.8, 4) is 5.75 Å². The van der Waals surface area contributed by atoms with Crippen LogP contribution in [0.4, 0.5) is 15.9 Å². The molecule has 0 radical (unpaired) electrons. The lowest BCUT2D eigenvalue weighted by Crippen LogP contribution is -2.17. The van der Waals surface area contributed by atoms with Crippen molar-refractivity contribution in [2.75, 3.05) is 10.6 Å². The maximum atomic E-state index is 14.4. The number of ether oxygens (including phenoxy) is 1. The molecule has 0 unspecified atom stereocenters. The highest BCUT2D eigenvalue weighted by Crippen LogP contribution is 2.27. The van der Waals surface area contributed by atoms with Crippen LogP contribution in [0.2, 0.25) is 0 Å². The van der Waals surface area contributed by atoms with Gasteiger partial charge in [0.25, 0.3) is 11.8 Å². The van der Waals surface area contributed by atoms with Crippen molar-refractivity contribution in [2.24, 2.45) is 0 Å². The third-order valence-electron chi connectivity index (χ3n) is 4.46. The molecule has 0 aliphatic heterocycles. The van der Waals surface area contributed by atoms with E-state index in [0.717, 1.165) is 17.8 Å². The molecule has 9 heteroatoms. The largest absolute Gasteiger partial charge is 0.489 e. The fourth-order valence-electron chi connectivity index (χ4n) is 2.72. The number of carbonyl (C=O) groups excluding carboxylic acids is 2. The van der Waals surface area contributed by atoms with Crippen LogP contribution in [0.1, 0.15) is 43.4 Å². The number of nitrogens with one attached hydrogen (secondary N) is 2. The van der Waals surface area contributed by atoms with Gasteiger partial charge in [-0.1, -0.05) is 0 Å². The fraction of sp³-hybridized carbons (Fsp3) is 0.238. The van der Waals surface area contributed by atoms with E-state index in [0.29, 0.717) is 21.9 Å². The monoisotopic (exact) mass is 426 g/mol. The molecule has 7 nitrogen and oxygen atoms in total. The van der Waals surface area contributed by atoms with Gasteiger partial charge in [0.05, 0.1) is 29.1 Å². The highest BCUT2D eigenvalue weighted by Gasteiger charge is 2.23. The van der Waals surface area contributed by atoms with Crippen LogP contribution in [0, 0.1) is 19.7 Å². The van der Waals surface area contributed by atoms with Gasteiger partial charge in [0.15, 0.2) is 0 Å². The Morgan fingerprint density at radius 1 is 1.10 bits per heavy atom. The second-order valence-electron chi connectivity index (χ2n) is 7.00. The molecule has 154 valence electrons. The predicted molar refractivity (Wildman–Crippen MR) is 112 cm³/mol. The van der Waals surface area contributed by atoms with Crippen molar-refractivity contribution in [3.63, 3.8) is 0 Å². The fourth-order valence-corrected chi connectivity index (χ4v) is 3.39. The van der Waals surface area contributed by atoms with Crippen LogP contribution in [-0.2, 0) is 0 Å². The molecule has 0 spiro atoms. The summed E-state index contributed by atoms with van der Waals surface area (Å²) in [5, 5.41) is 6.04. The van der Waals surface area contributed by atoms with Gasteiger partial charge >= 0.3 is 0 Å². The molecule has 1 aliphatic carbocycles. The molecule has 2 aromatic heterocycles. The maximum absolute atomic E-state index is 14.4. The summed E-state index contributed by atoms with van der Waals surface area (Å²) in [4.78, 5) is 33.6. The van der Waals surface area contributed by atoms with E-state index in [1.807, 2.05) is 0 Å². The molecule has 4 rings (SSSR count). The molecule has 0 bridgehead atoms. The Hall–Kier alpha value is -3.33. The van der Waals surface area contributed by atoms with E-state index < -0.39 is 11.7 Å². The molecule has 2 N–H and O–H groups in total. The van der Waals surface area contributed by atoms with E-state index in [-0.39, 0.29) is 23.4 Å². The topological polar surface area (TPSA) is 93.2 Å². The first kappa shape index (κ1) is 20.0. The summed E-state index contributed by atoms with van der Waals surface area (Å²) in [6, 6.07) is 5.82. The molecule has 1 fully saturated rings. The maximum Gasteiger partial charge on any atom is 0.267 e. The van der Waals surface area contributed by atoms with Crippen LogP contribution in [0.15, 0.2) is 36.7 Å². The predicted octanol–water partition coefficient (Wildman–Crippen LogP) is 4.34. The average molecular weight is 426 g/mol.